The van der Waals surface area contributed by atoms with Crippen molar-refractivity contribution in [2.75, 3.05) is 0 Å². The van der Waals surface area contributed by atoms with Crippen molar-refractivity contribution < 1.29 is 8.42 Å². The molecule has 0 bridgehead atoms. The van der Waals surface area contributed by atoms with Crippen LogP contribution < -0.4 is 0 Å². The SMILES string of the molecule is Cn1c(-c2ccc(Cl)cc2Br)nnc1S(=O)(=O)Cl. The van der Waals surface area contributed by atoms with E-state index in [4.69, 9.17) is 22.3 Å². The minimum Gasteiger partial charge on any atom is -0.300 e. The van der Waals surface area contributed by atoms with Crippen molar-refractivity contribution in [2.45, 2.75) is 5.16 Å². The molecule has 96 valence electrons. The van der Waals surface area contributed by atoms with Crippen molar-refractivity contribution >= 4 is 47.3 Å². The highest BCUT2D eigenvalue weighted by Crippen LogP contribution is 2.30. The Bertz CT molecular complexity index is 715. The summed E-state index contributed by atoms with van der Waals surface area (Å²) in [5, 5.41) is 7.63. The normalized spacial score (nSPS) is 11.8. The molecule has 1 aromatic carbocycles. The molecule has 0 aliphatic rings. The average molecular weight is 371 g/mol. The molecule has 1 aromatic heterocycles. The quantitative estimate of drug-likeness (QED) is 0.762. The van der Waals surface area contributed by atoms with Crippen molar-refractivity contribution in [3.05, 3.63) is 27.7 Å². The van der Waals surface area contributed by atoms with Crippen LogP contribution in [-0.4, -0.2) is 23.2 Å². The molecule has 0 unspecified atom stereocenters. The van der Waals surface area contributed by atoms with Crippen LogP contribution in [0.4, 0.5) is 0 Å². The molecule has 0 fully saturated rings. The third-order valence-corrected chi connectivity index (χ3v) is 4.32. The highest BCUT2D eigenvalue weighted by molar-refractivity contribution is 9.10. The van der Waals surface area contributed by atoms with Crippen molar-refractivity contribution in [3.63, 3.8) is 0 Å². The molecule has 0 saturated heterocycles. The lowest BCUT2D eigenvalue weighted by Crippen LogP contribution is -2.03. The van der Waals surface area contributed by atoms with Gasteiger partial charge in [-0.1, -0.05) is 11.6 Å². The number of rotatable bonds is 2. The summed E-state index contributed by atoms with van der Waals surface area (Å²) >= 11 is 9.16. The number of nitrogens with zero attached hydrogens (tertiary/aromatic N) is 3. The summed E-state index contributed by atoms with van der Waals surface area (Å²) in [6.07, 6.45) is 0. The summed E-state index contributed by atoms with van der Waals surface area (Å²) in [5.74, 6) is 0.373. The highest BCUT2D eigenvalue weighted by Gasteiger charge is 2.21. The molecule has 2 aromatic rings. The molecule has 18 heavy (non-hydrogen) atoms. The molecule has 0 N–H and O–H groups in total. The molecule has 0 aliphatic carbocycles. The van der Waals surface area contributed by atoms with Gasteiger partial charge in [-0.05, 0) is 34.1 Å². The minimum absolute atomic E-state index is 0.305. The Morgan fingerprint density at radius 2 is 2.00 bits per heavy atom. The first-order valence-electron chi connectivity index (χ1n) is 4.60. The maximum absolute atomic E-state index is 11.2. The van der Waals surface area contributed by atoms with Gasteiger partial charge < -0.3 is 0 Å². The van der Waals surface area contributed by atoms with E-state index < -0.39 is 9.05 Å². The molecule has 0 radical (unpaired) electrons. The molecule has 0 amide bonds. The van der Waals surface area contributed by atoms with Gasteiger partial charge in [-0.15, -0.1) is 10.2 Å². The standard InChI is InChI=1S/C9H6BrCl2N3O2S/c1-15-8(13-14-9(15)18(12,16)17)6-3-2-5(11)4-7(6)10/h2-4H,1H3. The summed E-state index contributed by atoms with van der Waals surface area (Å²) < 4.78 is 24.5. The van der Waals surface area contributed by atoms with Crippen LogP contribution in [0.25, 0.3) is 11.4 Å². The first-order valence-corrected chi connectivity index (χ1v) is 8.08. The monoisotopic (exact) mass is 369 g/mol. The molecule has 9 heteroatoms. The second-order valence-electron chi connectivity index (χ2n) is 3.43. The first-order chi connectivity index (χ1) is 8.30. The lowest BCUT2D eigenvalue weighted by Gasteiger charge is -2.04. The van der Waals surface area contributed by atoms with E-state index in [1.165, 1.54) is 11.6 Å². The maximum Gasteiger partial charge on any atom is 0.296 e. The summed E-state index contributed by atoms with van der Waals surface area (Å²) in [5.41, 5.74) is 0.668. The van der Waals surface area contributed by atoms with Crippen LogP contribution in [0.15, 0.2) is 27.8 Å². The molecule has 0 saturated carbocycles. The van der Waals surface area contributed by atoms with Gasteiger partial charge in [0, 0.05) is 32.8 Å². The Morgan fingerprint density at radius 3 is 2.50 bits per heavy atom. The van der Waals surface area contributed by atoms with Gasteiger partial charge in [-0.3, -0.25) is 4.57 Å². The highest BCUT2D eigenvalue weighted by atomic mass is 79.9. The summed E-state index contributed by atoms with van der Waals surface area (Å²) in [4.78, 5) is 0. The second-order valence-corrected chi connectivity index (χ2v) is 7.18. The zero-order valence-electron chi connectivity index (χ0n) is 8.93. The van der Waals surface area contributed by atoms with E-state index >= 15 is 0 Å². The lowest BCUT2D eigenvalue weighted by atomic mass is 10.2. The van der Waals surface area contributed by atoms with Crippen LogP contribution >= 0.6 is 38.2 Å². The van der Waals surface area contributed by atoms with Crippen LogP contribution in [0.2, 0.25) is 5.02 Å². The van der Waals surface area contributed by atoms with E-state index in [2.05, 4.69) is 26.1 Å². The smallest absolute Gasteiger partial charge is 0.296 e. The van der Waals surface area contributed by atoms with Crippen LogP contribution in [0, 0.1) is 0 Å². The number of benzene rings is 1. The van der Waals surface area contributed by atoms with Crippen molar-refractivity contribution in [3.8, 4) is 11.4 Å². The first kappa shape index (κ1) is 13.8. The molecule has 2 rings (SSSR count). The summed E-state index contributed by atoms with van der Waals surface area (Å²) in [7, 11) is 2.84. The molecule has 0 aliphatic heterocycles. The van der Waals surface area contributed by atoms with E-state index in [1.54, 1.807) is 18.2 Å². The summed E-state index contributed by atoms with van der Waals surface area (Å²) in [6.45, 7) is 0. The van der Waals surface area contributed by atoms with Crippen LogP contribution in [0.1, 0.15) is 0 Å². The largest absolute Gasteiger partial charge is 0.300 e. The predicted molar refractivity (Wildman–Crippen MR) is 72.2 cm³/mol. The Hall–Kier alpha value is -0.630. The summed E-state index contributed by atoms with van der Waals surface area (Å²) in [6, 6.07) is 5.06. The zero-order chi connectivity index (χ0) is 13.5. The number of aromatic nitrogens is 3. The average Bonchev–Trinajstić information content (AvgIpc) is 2.60. The molecular weight excluding hydrogens is 365 g/mol. The van der Waals surface area contributed by atoms with E-state index in [0.29, 0.717) is 20.9 Å². The van der Waals surface area contributed by atoms with Gasteiger partial charge >= 0.3 is 0 Å². The predicted octanol–water partition coefficient (Wildman–Crippen LogP) is 2.83. The third-order valence-electron chi connectivity index (χ3n) is 2.23. The molecule has 0 atom stereocenters. The van der Waals surface area contributed by atoms with E-state index in [1.807, 2.05) is 0 Å². The Kier molecular flexibility index (Phi) is 3.68. The van der Waals surface area contributed by atoms with E-state index in [-0.39, 0.29) is 5.16 Å². The van der Waals surface area contributed by atoms with Crippen molar-refractivity contribution in [1.82, 2.24) is 14.8 Å². The number of halogens is 3. The van der Waals surface area contributed by atoms with Crippen LogP contribution in [0.3, 0.4) is 0 Å². The minimum atomic E-state index is -3.92. The Balaban J connectivity index is 2.63. The second kappa shape index (κ2) is 4.80. The van der Waals surface area contributed by atoms with E-state index in [0.717, 1.165) is 0 Å². The topological polar surface area (TPSA) is 64.8 Å². The van der Waals surface area contributed by atoms with Crippen molar-refractivity contribution in [2.24, 2.45) is 7.05 Å². The van der Waals surface area contributed by atoms with Gasteiger partial charge in [0.1, 0.15) is 0 Å². The van der Waals surface area contributed by atoms with Crippen molar-refractivity contribution in [1.29, 1.82) is 0 Å². The third kappa shape index (κ3) is 2.54. The molecular formula is C9H6BrCl2N3O2S. The number of hydrogen-bond acceptors (Lipinski definition) is 4. The van der Waals surface area contributed by atoms with Gasteiger partial charge in [0.25, 0.3) is 14.2 Å². The maximum atomic E-state index is 11.2. The van der Waals surface area contributed by atoms with Crippen LogP contribution in [0.5, 0.6) is 0 Å². The lowest BCUT2D eigenvalue weighted by molar-refractivity contribution is 0.593. The zero-order valence-corrected chi connectivity index (χ0v) is 12.8. The van der Waals surface area contributed by atoms with E-state index in [9.17, 15) is 8.42 Å². The Morgan fingerprint density at radius 1 is 1.33 bits per heavy atom. The fraction of sp³-hybridized carbons (Fsp3) is 0.111. The molecule has 1 heterocycles. The van der Waals surface area contributed by atoms with Gasteiger partial charge in [-0.2, -0.15) is 0 Å². The fourth-order valence-electron chi connectivity index (χ4n) is 1.43. The van der Waals surface area contributed by atoms with Gasteiger partial charge in [0.05, 0.1) is 0 Å². The Labute approximate surface area is 121 Å². The van der Waals surface area contributed by atoms with Gasteiger partial charge in [-0.25, -0.2) is 8.42 Å². The molecule has 0 spiro atoms. The fourth-order valence-corrected chi connectivity index (χ4v) is 3.25. The molecule has 5 nitrogen and oxygen atoms in total. The van der Waals surface area contributed by atoms with Gasteiger partial charge in [0.15, 0.2) is 5.82 Å². The van der Waals surface area contributed by atoms with Gasteiger partial charge in [0.2, 0.25) is 0 Å². The number of hydrogen-bond donors (Lipinski definition) is 0. The van der Waals surface area contributed by atoms with Crippen LogP contribution in [-0.2, 0) is 16.1 Å².